The van der Waals surface area contributed by atoms with Crippen LogP contribution in [0.3, 0.4) is 0 Å². The van der Waals surface area contributed by atoms with Crippen molar-refractivity contribution in [3.05, 3.63) is 29.8 Å². The molecular weight excluding hydrogens is 240 g/mol. The fourth-order valence-corrected chi connectivity index (χ4v) is 1.65. The van der Waals surface area contributed by atoms with Crippen LogP contribution in [0.1, 0.15) is 12.5 Å². The first-order valence-electron chi connectivity index (χ1n) is 6.55. The van der Waals surface area contributed by atoms with Crippen molar-refractivity contribution in [3.8, 4) is 17.6 Å². The van der Waals surface area contributed by atoms with E-state index in [0.29, 0.717) is 19.7 Å². The standard InChI is InChI=1S/C15H22N2O2/c1-2-17(10-12-18)11-13-19-15-7-5-14(6-8-15)4-3-9-16/h5-8,18H,2,9-13,16H2,1H3. The van der Waals surface area contributed by atoms with Gasteiger partial charge in [-0.3, -0.25) is 4.90 Å². The van der Waals surface area contributed by atoms with E-state index >= 15 is 0 Å². The van der Waals surface area contributed by atoms with Gasteiger partial charge >= 0.3 is 0 Å². The van der Waals surface area contributed by atoms with Crippen LogP contribution in [0.5, 0.6) is 5.75 Å². The molecule has 1 aromatic carbocycles. The molecule has 0 aliphatic carbocycles. The van der Waals surface area contributed by atoms with E-state index < -0.39 is 0 Å². The van der Waals surface area contributed by atoms with Gasteiger partial charge < -0.3 is 15.6 Å². The highest BCUT2D eigenvalue weighted by atomic mass is 16.5. The van der Waals surface area contributed by atoms with Crippen LogP contribution in [0.15, 0.2) is 24.3 Å². The molecule has 0 heterocycles. The Kier molecular flexibility index (Phi) is 7.68. The van der Waals surface area contributed by atoms with Gasteiger partial charge in [0.25, 0.3) is 0 Å². The maximum atomic E-state index is 8.88. The van der Waals surface area contributed by atoms with Crippen molar-refractivity contribution >= 4 is 0 Å². The largest absolute Gasteiger partial charge is 0.492 e. The summed E-state index contributed by atoms with van der Waals surface area (Å²) in [5.41, 5.74) is 6.26. The number of aliphatic hydroxyl groups is 1. The van der Waals surface area contributed by atoms with Crippen molar-refractivity contribution in [2.45, 2.75) is 6.92 Å². The average Bonchev–Trinajstić information content (AvgIpc) is 2.45. The summed E-state index contributed by atoms with van der Waals surface area (Å²) in [4.78, 5) is 2.14. The van der Waals surface area contributed by atoms with Crippen LogP contribution in [0, 0.1) is 11.8 Å². The van der Waals surface area contributed by atoms with E-state index in [1.54, 1.807) is 0 Å². The molecule has 1 aromatic rings. The SMILES string of the molecule is CCN(CCO)CCOc1ccc(C#CCN)cc1. The quantitative estimate of drug-likeness (QED) is 0.710. The zero-order chi connectivity index (χ0) is 13.9. The molecule has 0 atom stereocenters. The number of rotatable bonds is 7. The molecule has 0 aromatic heterocycles. The van der Waals surface area contributed by atoms with E-state index in [2.05, 4.69) is 23.7 Å². The number of nitrogens with two attached hydrogens (primary N) is 1. The van der Waals surface area contributed by atoms with Crippen LogP contribution in [0.2, 0.25) is 0 Å². The molecule has 0 spiro atoms. The maximum absolute atomic E-state index is 8.88. The Morgan fingerprint density at radius 1 is 1.26 bits per heavy atom. The van der Waals surface area contributed by atoms with E-state index in [4.69, 9.17) is 15.6 Å². The predicted octanol–water partition coefficient (Wildman–Crippen LogP) is 0.690. The molecular formula is C15H22N2O2. The van der Waals surface area contributed by atoms with Crippen molar-refractivity contribution < 1.29 is 9.84 Å². The molecule has 0 fully saturated rings. The minimum atomic E-state index is 0.183. The number of aliphatic hydroxyl groups excluding tert-OH is 1. The lowest BCUT2D eigenvalue weighted by Gasteiger charge is -2.19. The summed E-state index contributed by atoms with van der Waals surface area (Å²) in [5.74, 6) is 6.61. The second-order valence-corrected chi connectivity index (χ2v) is 4.04. The van der Waals surface area contributed by atoms with Gasteiger partial charge in [-0.2, -0.15) is 0 Å². The summed E-state index contributed by atoms with van der Waals surface area (Å²) in [7, 11) is 0. The van der Waals surface area contributed by atoms with Crippen LogP contribution in [0.4, 0.5) is 0 Å². The van der Waals surface area contributed by atoms with E-state index in [0.717, 1.165) is 24.4 Å². The lowest BCUT2D eigenvalue weighted by Crippen LogP contribution is -2.30. The third-order valence-electron chi connectivity index (χ3n) is 2.73. The maximum Gasteiger partial charge on any atom is 0.119 e. The first-order valence-corrected chi connectivity index (χ1v) is 6.55. The molecule has 0 amide bonds. The third-order valence-corrected chi connectivity index (χ3v) is 2.73. The molecule has 4 nitrogen and oxygen atoms in total. The van der Waals surface area contributed by atoms with Crippen LogP contribution in [-0.2, 0) is 0 Å². The molecule has 3 N–H and O–H groups in total. The summed E-state index contributed by atoms with van der Waals surface area (Å²) in [6.07, 6.45) is 0. The molecule has 0 bridgehead atoms. The van der Waals surface area contributed by atoms with Crippen LogP contribution in [-0.4, -0.2) is 49.4 Å². The smallest absolute Gasteiger partial charge is 0.119 e. The van der Waals surface area contributed by atoms with Crippen molar-refractivity contribution in [2.24, 2.45) is 5.73 Å². The Morgan fingerprint density at radius 2 is 2.00 bits per heavy atom. The Morgan fingerprint density at radius 3 is 2.58 bits per heavy atom. The second kappa shape index (κ2) is 9.40. The van der Waals surface area contributed by atoms with E-state index in [1.807, 2.05) is 24.3 Å². The summed E-state index contributed by atoms with van der Waals surface area (Å²) in [6.45, 7) is 5.65. The average molecular weight is 262 g/mol. The third kappa shape index (κ3) is 6.25. The number of hydrogen-bond acceptors (Lipinski definition) is 4. The summed E-state index contributed by atoms with van der Waals surface area (Å²) in [6, 6.07) is 7.65. The molecule has 4 heteroatoms. The second-order valence-electron chi connectivity index (χ2n) is 4.04. The molecule has 0 aliphatic rings. The summed E-state index contributed by atoms with van der Waals surface area (Å²) >= 11 is 0. The first-order chi connectivity index (χ1) is 9.30. The minimum Gasteiger partial charge on any atom is -0.492 e. The number of ether oxygens (including phenoxy) is 1. The first kappa shape index (κ1) is 15.5. The van der Waals surface area contributed by atoms with Crippen LogP contribution in [0.25, 0.3) is 0 Å². The van der Waals surface area contributed by atoms with E-state index in [1.165, 1.54) is 0 Å². The Hall–Kier alpha value is -1.54. The van der Waals surface area contributed by atoms with Gasteiger partial charge in [0.2, 0.25) is 0 Å². The van der Waals surface area contributed by atoms with Crippen LogP contribution < -0.4 is 10.5 Å². The number of hydrogen-bond donors (Lipinski definition) is 2. The van der Waals surface area contributed by atoms with Gasteiger partial charge in [-0.25, -0.2) is 0 Å². The number of benzene rings is 1. The molecule has 104 valence electrons. The van der Waals surface area contributed by atoms with Crippen molar-refractivity contribution in [3.63, 3.8) is 0 Å². The van der Waals surface area contributed by atoms with Gasteiger partial charge in [0.15, 0.2) is 0 Å². The fraction of sp³-hybridized carbons (Fsp3) is 0.467. The Balaban J connectivity index is 2.37. The minimum absolute atomic E-state index is 0.183. The highest BCUT2D eigenvalue weighted by Gasteiger charge is 2.01. The molecule has 0 saturated heterocycles. The molecule has 0 unspecified atom stereocenters. The molecule has 0 radical (unpaired) electrons. The van der Waals surface area contributed by atoms with Gasteiger partial charge in [-0.15, -0.1) is 0 Å². The predicted molar refractivity (Wildman–Crippen MR) is 77.1 cm³/mol. The lowest BCUT2D eigenvalue weighted by molar-refractivity contribution is 0.174. The Labute approximate surface area is 115 Å². The number of nitrogens with zero attached hydrogens (tertiary/aromatic N) is 1. The fourth-order valence-electron chi connectivity index (χ4n) is 1.65. The van der Waals surface area contributed by atoms with Crippen LogP contribution >= 0.6 is 0 Å². The Bertz CT molecular complexity index is 406. The highest BCUT2D eigenvalue weighted by molar-refractivity contribution is 5.38. The normalized spacial score (nSPS) is 10.1. The zero-order valence-corrected chi connectivity index (χ0v) is 11.4. The van der Waals surface area contributed by atoms with Crippen molar-refractivity contribution in [1.29, 1.82) is 0 Å². The van der Waals surface area contributed by atoms with Crippen molar-refractivity contribution in [1.82, 2.24) is 4.90 Å². The van der Waals surface area contributed by atoms with Gasteiger partial charge in [0.1, 0.15) is 12.4 Å². The summed E-state index contributed by atoms with van der Waals surface area (Å²) < 4.78 is 5.65. The van der Waals surface area contributed by atoms with E-state index in [9.17, 15) is 0 Å². The molecule has 1 rings (SSSR count). The lowest BCUT2D eigenvalue weighted by atomic mass is 10.2. The highest BCUT2D eigenvalue weighted by Crippen LogP contribution is 2.11. The number of likely N-dealkylation sites (N-methyl/N-ethyl adjacent to an activating group) is 1. The zero-order valence-electron chi connectivity index (χ0n) is 11.4. The van der Waals surface area contributed by atoms with Gasteiger partial charge in [0, 0.05) is 18.7 Å². The monoisotopic (exact) mass is 262 g/mol. The van der Waals surface area contributed by atoms with E-state index in [-0.39, 0.29) is 6.61 Å². The van der Waals surface area contributed by atoms with Gasteiger partial charge in [0.05, 0.1) is 13.2 Å². The molecule has 0 aliphatic heterocycles. The molecule has 0 saturated carbocycles. The van der Waals surface area contributed by atoms with Gasteiger partial charge in [-0.05, 0) is 30.8 Å². The summed E-state index contributed by atoms with van der Waals surface area (Å²) in [5, 5.41) is 8.88. The van der Waals surface area contributed by atoms with Crippen molar-refractivity contribution in [2.75, 3.05) is 39.4 Å². The molecule has 19 heavy (non-hydrogen) atoms. The van der Waals surface area contributed by atoms with Gasteiger partial charge in [-0.1, -0.05) is 18.8 Å². The topological polar surface area (TPSA) is 58.7 Å².